The lowest BCUT2D eigenvalue weighted by atomic mass is 9.77. The summed E-state index contributed by atoms with van der Waals surface area (Å²) in [5.74, 6) is 0. The van der Waals surface area contributed by atoms with Gasteiger partial charge in [0.1, 0.15) is 0 Å². The number of nitrogens with zero attached hydrogens (tertiary/aromatic N) is 1. The number of halogens is 1. The first-order chi connectivity index (χ1) is 7.85. The lowest BCUT2D eigenvalue weighted by molar-refractivity contribution is -0.00598. The van der Waals surface area contributed by atoms with Crippen LogP contribution in [-0.4, -0.2) is 50.8 Å². The largest absolute Gasteiger partial charge is 0.381 e. The normalized spacial score (nSPS) is 25.9. The molecule has 17 heavy (non-hydrogen) atoms. The Hall–Kier alpha value is 0.170. The Morgan fingerprint density at radius 1 is 1.18 bits per heavy atom. The highest BCUT2D eigenvalue weighted by molar-refractivity contribution is 5.85. The summed E-state index contributed by atoms with van der Waals surface area (Å²) in [6, 6.07) is 0. The van der Waals surface area contributed by atoms with Crippen LogP contribution in [0.15, 0.2) is 0 Å². The molecule has 0 aromatic heterocycles. The SMILES string of the molecule is CCC1(CN2CCCNCC2)CCOCC1.Cl. The van der Waals surface area contributed by atoms with Crippen molar-refractivity contribution in [2.45, 2.75) is 32.6 Å². The molecule has 0 bridgehead atoms. The lowest BCUT2D eigenvalue weighted by Gasteiger charge is -2.40. The summed E-state index contributed by atoms with van der Waals surface area (Å²) < 4.78 is 5.51. The Balaban J connectivity index is 0.00000144. The zero-order valence-corrected chi connectivity index (χ0v) is 11.9. The van der Waals surface area contributed by atoms with Gasteiger partial charge in [0.25, 0.3) is 0 Å². The van der Waals surface area contributed by atoms with E-state index in [2.05, 4.69) is 17.1 Å². The predicted molar refractivity (Wildman–Crippen MR) is 74.0 cm³/mol. The number of rotatable bonds is 3. The molecule has 2 aliphatic heterocycles. The van der Waals surface area contributed by atoms with E-state index in [1.54, 1.807) is 0 Å². The molecule has 0 aromatic rings. The predicted octanol–water partition coefficient (Wildman–Crippen LogP) is 1.91. The van der Waals surface area contributed by atoms with Crippen LogP contribution in [0.25, 0.3) is 0 Å². The molecule has 2 rings (SSSR count). The van der Waals surface area contributed by atoms with Gasteiger partial charge in [-0.3, -0.25) is 0 Å². The summed E-state index contributed by atoms with van der Waals surface area (Å²) in [5.41, 5.74) is 0.544. The number of hydrogen-bond acceptors (Lipinski definition) is 3. The van der Waals surface area contributed by atoms with E-state index in [4.69, 9.17) is 4.74 Å². The molecule has 1 N–H and O–H groups in total. The van der Waals surface area contributed by atoms with E-state index < -0.39 is 0 Å². The van der Waals surface area contributed by atoms with Gasteiger partial charge in [-0.05, 0) is 44.2 Å². The van der Waals surface area contributed by atoms with Gasteiger partial charge >= 0.3 is 0 Å². The van der Waals surface area contributed by atoms with Crippen molar-refractivity contribution in [1.29, 1.82) is 0 Å². The van der Waals surface area contributed by atoms with Crippen molar-refractivity contribution in [2.75, 3.05) is 45.9 Å². The van der Waals surface area contributed by atoms with Gasteiger partial charge in [-0.25, -0.2) is 0 Å². The van der Waals surface area contributed by atoms with E-state index in [1.165, 1.54) is 51.9 Å². The maximum Gasteiger partial charge on any atom is 0.0471 e. The number of ether oxygens (including phenoxy) is 1. The summed E-state index contributed by atoms with van der Waals surface area (Å²) in [4.78, 5) is 2.66. The fourth-order valence-corrected chi connectivity index (χ4v) is 2.96. The van der Waals surface area contributed by atoms with Crippen molar-refractivity contribution in [3.8, 4) is 0 Å². The maximum absolute atomic E-state index is 5.51. The monoisotopic (exact) mass is 262 g/mol. The molecular formula is C13H27ClN2O. The second-order valence-electron chi connectivity index (χ2n) is 5.35. The van der Waals surface area contributed by atoms with Crippen LogP contribution in [-0.2, 0) is 4.74 Å². The molecule has 0 radical (unpaired) electrons. The minimum Gasteiger partial charge on any atom is -0.381 e. The van der Waals surface area contributed by atoms with Gasteiger partial charge in [0.2, 0.25) is 0 Å². The molecule has 0 aliphatic carbocycles. The molecule has 2 aliphatic rings. The number of nitrogens with one attached hydrogen (secondary N) is 1. The fraction of sp³-hybridized carbons (Fsp3) is 1.00. The van der Waals surface area contributed by atoms with Crippen LogP contribution in [0.2, 0.25) is 0 Å². The Labute approximate surface area is 112 Å². The van der Waals surface area contributed by atoms with Gasteiger partial charge in [0.15, 0.2) is 0 Å². The highest BCUT2D eigenvalue weighted by Gasteiger charge is 2.32. The van der Waals surface area contributed by atoms with Crippen molar-refractivity contribution >= 4 is 12.4 Å². The van der Waals surface area contributed by atoms with E-state index in [0.717, 1.165) is 19.8 Å². The highest BCUT2D eigenvalue weighted by Crippen LogP contribution is 2.34. The molecule has 2 heterocycles. The second kappa shape index (κ2) is 7.57. The smallest absolute Gasteiger partial charge is 0.0471 e. The molecule has 0 saturated carbocycles. The van der Waals surface area contributed by atoms with Gasteiger partial charge in [-0.1, -0.05) is 6.92 Å². The van der Waals surface area contributed by atoms with Crippen molar-refractivity contribution in [3.05, 3.63) is 0 Å². The minimum absolute atomic E-state index is 0. The lowest BCUT2D eigenvalue weighted by Crippen LogP contribution is -2.42. The van der Waals surface area contributed by atoms with Crippen molar-refractivity contribution in [3.63, 3.8) is 0 Å². The van der Waals surface area contributed by atoms with Crippen molar-refractivity contribution in [2.24, 2.45) is 5.41 Å². The standard InChI is InChI=1S/C13H26N2O.ClH/c1-2-13(4-10-16-11-5-13)12-15-8-3-6-14-7-9-15;/h14H,2-12H2,1H3;1H. The third-order valence-corrected chi connectivity index (χ3v) is 4.30. The van der Waals surface area contributed by atoms with Gasteiger partial charge in [-0.2, -0.15) is 0 Å². The third-order valence-electron chi connectivity index (χ3n) is 4.30. The summed E-state index contributed by atoms with van der Waals surface area (Å²) in [5, 5.41) is 3.48. The quantitative estimate of drug-likeness (QED) is 0.841. The first-order valence-corrected chi connectivity index (χ1v) is 6.85. The zero-order chi connectivity index (χ0) is 11.3. The van der Waals surface area contributed by atoms with Crippen LogP contribution in [0, 0.1) is 5.41 Å². The van der Waals surface area contributed by atoms with Crippen LogP contribution in [0.1, 0.15) is 32.6 Å². The van der Waals surface area contributed by atoms with Crippen LogP contribution < -0.4 is 5.32 Å². The fourth-order valence-electron chi connectivity index (χ4n) is 2.96. The Kier molecular flexibility index (Phi) is 6.78. The van der Waals surface area contributed by atoms with Crippen molar-refractivity contribution < 1.29 is 4.74 Å². The molecule has 0 aromatic carbocycles. The van der Waals surface area contributed by atoms with Crippen LogP contribution in [0.3, 0.4) is 0 Å². The first kappa shape index (κ1) is 15.2. The van der Waals surface area contributed by atoms with Gasteiger partial charge in [-0.15, -0.1) is 12.4 Å². The molecule has 2 fully saturated rings. The summed E-state index contributed by atoms with van der Waals surface area (Å²) in [7, 11) is 0. The van der Waals surface area contributed by atoms with E-state index in [0.29, 0.717) is 5.41 Å². The minimum atomic E-state index is 0. The van der Waals surface area contributed by atoms with Crippen LogP contribution in [0.5, 0.6) is 0 Å². The first-order valence-electron chi connectivity index (χ1n) is 6.85. The average Bonchev–Trinajstić information content (AvgIpc) is 2.59. The second-order valence-corrected chi connectivity index (χ2v) is 5.35. The zero-order valence-electron chi connectivity index (χ0n) is 11.0. The molecular weight excluding hydrogens is 236 g/mol. The molecule has 3 nitrogen and oxygen atoms in total. The van der Waals surface area contributed by atoms with Gasteiger partial charge in [0, 0.05) is 32.8 Å². The molecule has 0 spiro atoms. The molecule has 0 unspecified atom stereocenters. The van der Waals surface area contributed by atoms with Crippen LogP contribution >= 0.6 is 12.4 Å². The molecule has 0 atom stereocenters. The Morgan fingerprint density at radius 2 is 1.94 bits per heavy atom. The van der Waals surface area contributed by atoms with E-state index in [1.807, 2.05) is 0 Å². The molecule has 0 amide bonds. The molecule has 2 saturated heterocycles. The van der Waals surface area contributed by atoms with Crippen LogP contribution in [0.4, 0.5) is 0 Å². The summed E-state index contributed by atoms with van der Waals surface area (Å²) in [6.07, 6.45) is 5.12. The summed E-state index contributed by atoms with van der Waals surface area (Å²) in [6.45, 7) is 10.4. The molecule has 4 heteroatoms. The third kappa shape index (κ3) is 4.40. The molecule has 102 valence electrons. The van der Waals surface area contributed by atoms with Gasteiger partial charge < -0.3 is 15.0 Å². The average molecular weight is 263 g/mol. The maximum atomic E-state index is 5.51. The highest BCUT2D eigenvalue weighted by atomic mass is 35.5. The summed E-state index contributed by atoms with van der Waals surface area (Å²) >= 11 is 0. The van der Waals surface area contributed by atoms with Crippen molar-refractivity contribution in [1.82, 2.24) is 10.2 Å². The van der Waals surface area contributed by atoms with E-state index in [-0.39, 0.29) is 12.4 Å². The topological polar surface area (TPSA) is 24.5 Å². The Bertz CT molecular complexity index is 200. The van der Waals surface area contributed by atoms with E-state index in [9.17, 15) is 0 Å². The van der Waals surface area contributed by atoms with E-state index >= 15 is 0 Å². The number of hydrogen-bond donors (Lipinski definition) is 1. The Morgan fingerprint density at radius 3 is 2.65 bits per heavy atom. The van der Waals surface area contributed by atoms with Gasteiger partial charge in [0.05, 0.1) is 0 Å².